The minimum Gasteiger partial charge on any atom is -0.349 e. The zero-order valence-electron chi connectivity index (χ0n) is 14.6. The lowest BCUT2D eigenvalue weighted by Crippen LogP contribution is -2.44. The van der Waals surface area contributed by atoms with Crippen LogP contribution in [0.1, 0.15) is 49.0 Å². The SMILES string of the molecule is Cn1cc(C(=O)NC2CCN(c3nnc(C(C)(C)C)s3)CC2)cn1. The van der Waals surface area contributed by atoms with Crippen molar-refractivity contribution in [2.24, 2.45) is 7.05 Å². The highest BCUT2D eigenvalue weighted by Crippen LogP contribution is 2.31. The second kappa shape index (κ2) is 6.51. The predicted molar refractivity (Wildman–Crippen MR) is 94.5 cm³/mol. The van der Waals surface area contributed by atoms with Crippen LogP contribution < -0.4 is 10.2 Å². The molecule has 0 radical (unpaired) electrons. The molecule has 1 N–H and O–H groups in total. The van der Waals surface area contributed by atoms with Gasteiger partial charge in [-0.1, -0.05) is 32.1 Å². The summed E-state index contributed by atoms with van der Waals surface area (Å²) in [5.74, 6) is -0.0486. The van der Waals surface area contributed by atoms with E-state index in [1.807, 2.05) is 7.05 Å². The highest BCUT2D eigenvalue weighted by molar-refractivity contribution is 7.15. The van der Waals surface area contributed by atoms with Gasteiger partial charge in [-0.15, -0.1) is 10.2 Å². The largest absolute Gasteiger partial charge is 0.349 e. The molecule has 2 aromatic heterocycles. The molecule has 0 bridgehead atoms. The average molecular weight is 348 g/mol. The first kappa shape index (κ1) is 16.9. The smallest absolute Gasteiger partial charge is 0.254 e. The molecule has 1 saturated heterocycles. The van der Waals surface area contributed by atoms with E-state index in [0.717, 1.165) is 36.1 Å². The Balaban J connectivity index is 1.54. The zero-order valence-corrected chi connectivity index (χ0v) is 15.4. The second-order valence-electron chi connectivity index (χ2n) is 7.28. The first-order valence-electron chi connectivity index (χ1n) is 8.21. The van der Waals surface area contributed by atoms with Crippen LogP contribution in [0.2, 0.25) is 0 Å². The molecule has 130 valence electrons. The van der Waals surface area contributed by atoms with Crippen LogP contribution in [-0.4, -0.2) is 45.0 Å². The first-order chi connectivity index (χ1) is 11.3. The molecule has 0 aliphatic carbocycles. The van der Waals surface area contributed by atoms with E-state index in [1.54, 1.807) is 28.4 Å². The topological polar surface area (TPSA) is 75.9 Å². The summed E-state index contributed by atoms with van der Waals surface area (Å²) in [4.78, 5) is 14.5. The fourth-order valence-corrected chi connectivity index (χ4v) is 3.62. The van der Waals surface area contributed by atoms with Crippen LogP contribution in [0.3, 0.4) is 0 Å². The molecule has 8 heteroatoms. The van der Waals surface area contributed by atoms with Crippen molar-refractivity contribution in [1.82, 2.24) is 25.3 Å². The Morgan fingerprint density at radius 3 is 2.54 bits per heavy atom. The summed E-state index contributed by atoms with van der Waals surface area (Å²) >= 11 is 1.67. The molecule has 3 heterocycles. The second-order valence-corrected chi connectivity index (χ2v) is 8.23. The van der Waals surface area contributed by atoms with Gasteiger partial charge in [0.1, 0.15) is 5.01 Å². The Kier molecular flexibility index (Phi) is 4.58. The van der Waals surface area contributed by atoms with Crippen LogP contribution >= 0.6 is 11.3 Å². The molecule has 0 spiro atoms. The van der Waals surface area contributed by atoms with Crippen molar-refractivity contribution in [3.63, 3.8) is 0 Å². The third-order valence-electron chi connectivity index (χ3n) is 4.12. The van der Waals surface area contributed by atoms with Crippen LogP contribution in [0.25, 0.3) is 0 Å². The minimum atomic E-state index is -0.0486. The van der Waals surface area contributed by atoms with Gasteiger partial charge in [0, 0.05) is 37.8 Å². The van der Waals surface area contributed by atoms with Crippen molar-refractivity contribution in [3.05, 3.63) is 23.0 Å². The van der Waals surface area contributed by atoms with Gasteiger partial charge in [-0.2, -0.15) is 5.10 Å². The molecule has 1 aliphatic rings. The molecule has 0 aromatic carbocycles. The van der Waals surface area contributed by atoms with E-state index in [2.05, 4.69) is 46.3 Å². The molecule has 7 nitrogen and oxygen atoms in total. The lowest BCUT2D eigenvalue weighted by Gasteiger charge is -2.31. The van der Waals surface area contributed by atoms with Crippen LogP contribution in [0.4, 0.5) is 5.13 Å². The fraction of sp³-hybridized carbons (Fsp3) is 0.625. The van der Waals surface area contributed by atoms with E-state index in [4.69, 9.17) is 0 Å². The minimum absolute atomic E-state index is 0.0337. The van der Waals surface area contributed by atoms with Gasteiger partial charge in [0.25, 0.3) is 5.91 Å². The third kappa shape index (κ3) is 3.75. The van der Waals surface area contributed by atoms with E-state index < -0.39 is 0 Å². The lowest BCUT2D eigenvalue weighted by molar-refractivity contribution is 0.0931. The Bertz CT molecular complexity index is 708. The summed E-state index contributed by atoms with van der Waals surface area (Å²) < 4.78 is 1.64. The Morgan fingerprint density at radius 1 is 1.29 bits per heavy atom. The van der Waals surface area contributed by atoms with E-state index >= 15 is 0 Å². The van der Waals surface area contributed by atoms with Crippen molar-refractivity contribution in [1.29, 1.82) is 0 Å². The maximum absolute atomic E-state index is 12.2. The maximum Gasteiger partial charge on any atom is 0.254 e. The number of nitrogens with one attached hydrogen (secondary N) is 1. The van der Waals surface area contributed by atoms with E-state index in [0.29, 0.717) is 5.56 Å². The van der Waals surface area contributed by atoms with Gasteiger partial charge in [0.2, 0.25) is 5.13 Å². The molecule has 24 heavy (non-hydrogen) atoms. The summed E-state index contributed by atoms with van der Waals surface area (Å²) in [6.07, 6.45) is 5.16. The fourth-order valence-electron chi connectivity index (χ4n) is 2.67. The number of carbonyl (C=O) groups excluding carboxylic acids is 1. The summed E-state index contributed by atoms with van der Waals surface area (Å²) in [6, 6.07) is 0.198. The summed E-state index contributed by atoms with van der Waals surface area (Å²) in [7, 11) is 1.81. The number of aromatic nitrogens is 4. The summed E-state index contributed by atoms with van der Waals surface area (Å²) in [6.45, 7) is 8.22. The van der Waals surface area contributed by atoms with Gasteiger partial charge >= 0.3 is 0 Å². The number of hydrogen-bond donors (Lipinski definition) is 1. The van der Waals surface area contributed by atoms with Crippen LogP contribution in [0.5, 0.6) is 0 Å². The molecule has 2 aromatic rings. The van der Waals surface area contributed by atoms with Crippen molar-refractivity contribution in [2.75, 3.05) is 18.0 Å². The van der Waals surface area contributed by atoms with Gasteiger partial charge in [-0.05, 0) is 12.8 Å². The summed E-state index contributed by atoms with van der Waals surface area (Å²) in [5.41, 5.74) is 0.644. The molecule has 0 unspecified atom stereocenters. The van der Waals surface area contributed by atoms with Crippen LogP contribution in [-0.2, 0) is 12.5 Å². The first-order valence-corrected chi connectivity index (χ1v) is 9.03. The van der Waals surface area contributed by atoms with Crippen molar-refractivity contribution < 1.29 is 4.79 Å². The van der Waals surface area contributed by atoms with Gasteiger partial charge in [0.05, 0.1) is 11.8 Å². The van der Waals surface area contributed by atoms with Gasteiger partial charge in [-0.3, -0.25) is 9.48 Å². The molecular weight excluding hydrogens is 324 g/mol. The van der Waals surface area contributed by atoms with Gasteiger partial charge < -0.3 is 10.2 Å². The van der Waals surface area contributed by atoms with Gasteiger partial charge in [-0.25, -0.2) is 0 Å². The van der Waals surface area contributed by atoms with Crippen LogP contribution in [0.15, 0.2) is 12.4 Å². The number of aryl methyl sites for hydroxylation is 1. The average Bonchev–Trinajstić information content (AvgIpc) is 3.16. The molecule has 0 atom stereocenters. The van der Waals surface area contributed by atoms with E-state index in [-0.39, 0.29) is 17.4 Å². The zero-order chi connectivity index (χ0) is 17.3. The quantitative estimate of drug-likeness (QED) is 0.918. The van der Waals surface area contributed by atoms with E-state index in [9.17, 15) is 4.79 Å². The molecular formula is C16H24N6OS. The predicted octanol–water partition coefficient (Wildman–Crippen LogP) is 1.97. The van der Waals surface area contributed by atoms with Crippen LogP contribution in [0, 0.1) is 0 Å². The van der Waals surface area contributed by atoms with E-state index in [1.165, 1.54) is 0 Å². The lowest BCUT2D eigenvalue weighted by atomic mass is 9.98. The molecule has 1 amide bonds. The monoisotopic (exact) mass is 348 g/mol. The van der Waals surface area contributed by atoms with Crippen molar-refractivity contribution >= 4 is 22.4 Å². The Morgan fingerprint density at radius 2 is 2.00 bits per heavy atom. The molecule has 1 fully saturated rings. The highest BCUT2D eigenvalue weighted by Gasteiger charge is 2.26. The molecule has 3 rings (SSSR count). The maximum atomic E-state index is 12.2. The number of anilines is 1. The number of piperidine rings is 1. The number of rotatable bonds is 3. The number of hydrogen-bond acceptors (Lipinski definition) is 6. The number of amides is 1. The van der Waals surface area contributed by atoms with Crippen molar-refractivity contribution in [2.45, 2.75) is 45.1 Å². The molecule has 1 aliphatic heterocycles. The van der Waals surface area contributed by atoms with Gasteiger partial charge in [0.15, 0.2) is 0 Å². The Hall–Kier alpha value is -1.96. The summed E-state index contributed by atoms with van der Waals surface area (Å²) in [5, 5.41) is 17.8. The number of nitrogens with zero attached hydrogens (tertiary/aromatic N) is 5. The standard InChI is InChI=1S/C16H24N6OS/c1-16(2,3)14-19-20-15(24-14)22-7-5-12(6-8-22)18-13(23)11-9-17-21(4)10-11/h9-10,12H,5-8H2,1-4H3,(H,18,23). The third-order valence-corrected chi connectivity index (χ3v) is 5.53. The number of carbonyl (C=O) groups is 1. The highest BCUT2D eigenvalue weighted by atomic mass is 32.1. The van der Waals surface area contributed by atoms with Crippen molar-refractivity contribution in [3.8, 4) is 0 Å². The normalized spacial score (nSPS) is 16.4. The Labute approximate surface area is 146 Å². The molecule has 0 saturated carbocycles.